The van der Waals surface area contributed by atoms with Crippen LogP contribution in [-0.2, 0) is 26.4 Å². The predicted octanol–water partition coefficient (Wildman–Crippen LogP) is 1.27. The van der Waals surface area contributed by atoms with Gasteiger partial charge >= 0.3 is 0 Å². The van der Waals surface area contributed by atoms with Crippen LogP contribution in [0.25, 0.3) is 11.3 Å². The van der Waals surface area contributed by atoms with E-state index < -0.39 is 0 Å². The third-order valence-electron chi connectivity index (χ3n) is 4.38. The van der Waals surface area contributed by atoms with Crippen LogP contribution in [0, 0.1) is 0 Å². The van der Waals surface area contributed by atoms with E-state index in [0.717, 1.165) is 49.4 Å². The molecule has 122 valence electrons. The number of fused-ring (bicyclic) bond motifs is 1. The molecular formula is C17H19N7. The zero-order chi connectivity index (χ0) is 16.4. The number of aryl methyl sites for hydroxylation is 1. The van der Waals surface area contributed by atoms with Crippen LogP contribution < -0.4 is 0 Å². The number of hydrogen-bond acceptors (Lipinski definition) is 6. The minimum atomic E-state index is 0.916. The second-order valence-corrected chi connectivity index (χ2v) is 6.07. The van der Waals surface area contributed by atoms with Gasteiger partial charge in [0.25, 0.3) is 0 Å². The molecule has 1 aliphatic rings. The smallest absolute Gasteiger partial charge is 0.116 e. The zero-order valence-electron chi connectivity index (χ0n) is 13.6. The first-order valence-corrected chi connectivity index (χ1v) is 8.07. The van der Waals surface area contributed by atoms with Gasteiger partial charge in [0.1, 0.15) is 12.7 Å². The van der Waals surface area contributed by atoms with Gasteiger partial charge in [0.05, 0.1) is 11.9 Å². The topological polar surface area (TPSA) is 72.6 Å². The van der Waals surface area contributed by atoms with Gasteiger partial charge in [-0.25, -0.2) is 19.9 Å². The maximum atomic E-state index is 4.52. The van der Waals surface area contributed by atoms with Gasteiger partial charge in [-0.3, -0.25) is 9.58 Å². The van der Waals surface area contributed by atoms with E-state index >= 15 is 0 Å². The maximum absolute atomic E-state index is 4.52. The summed E-state index contributed by atoms with van der Waals surface area (Å²) in [6.07, 6.45) is 12.7. The highest BCUT2D eigenvalue weighted by Crippen LogP contribution is 2.25. The standard InChI is InChI=1S/C17H19N7/c1-23-9-13(6-22-23)10-24-4-2-15-16(3-5-24)20-12-21-17(15)14-7-18-11-19-8-14/h6-9,11-12H,2-5,10H2,1H3. The van der Waals surface area contributed by atoms with Crippen LogP contribution in [0.3, 0.4) is 0 Å². The Kier molecular flexibility index (Phi) is 4.00. The number of hydrogen-bond donors (Lipinski definition) is 0. The van der Waals surface area contributed by atoms with Crippen molar-refractivity contribution in [2.75, 3.05) is 13.1 Å². The molecule has 0 saturated carbocycles. The largest absolute Gasteiger partial charge is 0.298 e. The van der Waals surface area contributed by atoms with Crippen molar-refractivity contribution < 1.29 is 0 Å². The lowest BCUT2D eigenvalue weighted by Crippen LogP contribution is -2.25. The molecule has 3 aromatic rings. The van der Waals surface area contributed by atoms with Gasteiger partial charge in [-0.05, 0) is 6.42 Å². The molecule has 24 heavy (non-hydrogen) atoms. The van der Waals surface area contributed by atoms with Gasteiger partial charge in [0.2, 0.25) is 0 Å². The van der Waals surface area contributed by atoms with E-state index in [1.165, 1.54) is 11.1 Å². The van der Waals surface area contributed by atoms with Crippen molar-refractivity contribution in [3.63, 3.8) is 0 Å². The monoisotopic (exact) mass is 321 g/mol. The van der Waals surface area contributed by atoms with Crippen LogP contribution in [0.15, 0.2) is 37.4 Å². The number of rotatable bonds is 3. The summed E-state index contributed by atoms with van der Waals surface area (Å²) in [4.78, 5) is 19.7. The summed E-state index contributed by atoms with van der Waals surface area (Å²) < 4.78 is 1.85. The Morgan fingerprint density at radius 1 is 1.00 bits per heavy atom. The van der Waals surface area contributed by atoms with E-state index in [1.54, 1.807) is 12.7 Å². The SMILES string of the molecule is Cn1cc(CN2CCc3ncnc(-c4cncnc4)c3CC2)cn1. The first-order chi connectivity index (χ1) is 11.8. The van der Waals surface area contributed by atoms with Crippen molar-refractivity contribution >= 4 is 0 Å². The zero-order valence-corrected chi connectivity index (χ0v) is 13.6. The lowest BCUT2D eigenvalue weighted by molar-refractivity contribution is 0.279. The predicted molar refractivity (Wildman–Crippen MR) is 89.0 cm³/mol. The van der Waals surface area contributed by atoms with Gasteiger partial charge in [-0.2, -0.15) is 5.10 Å². The Labute approximate surface area is 140 Å². The fourth-order valence-corrected chi connectivity index (χ4v) is 3.21. The first kappa shape index (κ1) is 14.9. The van der Waals surface area contributed by atoms with Gasteiger partial charge in [-0.15, -0.1) is 0 Å². The third-order valence-corrected chi connectivity index (χ3v) is 4.38. The minimum Gasteiger partial charge on any atom is -0.298 e. The van der Waals surface area contributed by atoms with E-state index in [0.29, 0.717) is 0 Å². The molecule has 0 unspecified atom stereocenters. The van der Waals surface area contributed by atoms with Crippen molar-refractivity contribution in [1.82, 2.24) is 34.6 Å². The molecule has 0 spiro atoms. The molecule has 4 rings (SSSR count). The molecule has 0 aliphatic carbocycles. The maximum Gasteiger partial charge on any atom is 0.116 e. The molecule has 1 aliphatic heterocycles. The molecule has 0 N–H and O–H groups in total. The summed E-state index contributed by atoms with van der Waals surface area (Å²) in [6.45, 7) is 2.89. The Bertz CT molecular complexity index is 828. The first-order valence-electron chi connectivity index (χ1n) is 8.07. The highest BCUT2D eigenvalue weighted by atomic mass is 15.2. The summed E-state index contributed by atoms with van der Waals surface area (Å²) >= 11 is 0. The van der Waals surface area contributed by atoms with Gasteiger partial charge < -0.3 is 0 Å². The number of aromatic nitrogens is 6. The summed E-state index contributed by atoms with van der Waals surface area (Å²) in [7, 11) is 1.95. The Hall–Kier alpha value is -2.67. The Morgan fingerprint density at radius 2 is 1.83 bits per heavy atom. The summed E-state index contributed by atoms with van der Waals surface area (Å²) in [5.41, 5.74) is 5.52. The van der Waals surface area contributed by atoms with E-state index in [4.69, 9.17) is 0 Å². The molecule has 0 atom stereocenters. The lowest BCUT2D eigenvalue weighted by atomic mass is 10.0. The summed E-state index contributed by atoms with van der Waals surface area (Å²) in [5.74, 6) is 0. The van der Waals surface area contributed by atoms with Gasteiger partial charge in [-0.1, -0.05) is 0 Å². The van der Waals surface area contributed by atoms with Crippen LogP contribution >= 0.6 is 0 Å². The minimum absolute atomic E-state index is 0.916. The molecule has 0 amide bonds. The van der Waals surface area contributed by atoms with Crippen molar-refractivity contribution in [3.05, 3.63) is 54.3 Å². The van der Waals surface area contributed by atoms with Crippen LogP contribution in [0.5, 0.6) is 0 Å². The van der Waals surface area contributed by atoms with Crippen molar-refractivity contribution in [3.8, 4) is 11.3 Å². The molecule has 7 nitrogen and oxygen atoms in total. The van der Waals surface area contributed by atoms with Gasteiger partial charge in [0.15, 0.2) is 0 Å². The molecule has 3 aromatic heterocycles. The molecule has 0 saturated heterocycles. The van der Waals surface area contributed by atoms with E-state index in [1.807, 2.05) is 30.3 Å². The second-order valence-electron chi connectivity index (χ2n) is 6.07. The van der Waals surface area contributed by atoms with Crippen LogP contribution in [0.1, 0.15) is 16.8 Å². The molecule has 0 fully saturated rings. The normalized spacial score (nSPS) is 15.0. The van der Waals surface area contributed by atoms with Crippen LogP contribution in [0.4, 0.5) is 0 Å². The fourth-order valence-electron chi connectivity index (χ4n) is 3.21. The molecule has 0 radical (unpaired) electrons. The van der Waals surface area contributed by atoms with Crippen molar-refractivity contribution in [2.45, 2.75) is 19.4 Å². The Balaban J connectivity index is 1.57. The van der Waals surface area contributed by atoms with Gasteiger partial charge in [0, 0.05) is 74.1 Å². The van der Waals surface area contributed by atoms with Crippen molar-refractivity contribution in [2.24, 2.45) is 7.05 Å². The van der Waals surface area contributed by atoms with Crippen molar-refractivity contribution in [1.29, 1.82) is 0 Å². The Morgan fingerprint density at radius 3 is 2.62 bits per heavy atom. The average Bonchev–Trinajstić information content (AvgIpc) is 2.91. The van der Waals surface area contributed by atoms with Crippen LogP contribution in [0.2, 0.25) is 0 Å². The average molecular weight is 321 g/mol. The van der Waals surface area contributed by atoms with E-state index in [9.17, 15) is 0 Å². The molecule has 4 heterocycles. The van der Waals surface area contributed by atoms with E-state index in [-0.39, 0.29) is 0 Å². The molecule has 0 bridgehead atoms. The molecule has 0 aromatic carbocycles. The summed E-state index contributed by atoms with van der Waals surface area (Å²) in [6, 6.07) is 0. The quantitative estimate of drug-likeness (QED) is 0.723. The summed E-state index contributed by atoms with van der Waals surface area (Å²) in [5, 5.41) is 4.25. The molecular weight excluding hydrogens is 302 g/mol. The van der Waals surface area contributed by atoms with Crippen LogP contribution in [-0.4, -0.2) is 47.7 Å². The third kappa shape index (κ3) is 3.03. The molecule has 7 heteroatoms. The second kappa shape index (κ2) is 6.45. The lowest BCUT2D eigenvalue weighted by Gasteiger charge is -2.18. The van der Waals surface area contributed by atoms with E-state index in [2.05, 4.69) is 36.1 Å². The number of nitrogens with zero attached hydrogens (tertiary/aromatic N) is 7. The highest BCUT2D eigenvalue weighted by molar-refractivity contribution is 5.62. The highest BCUT2D eigenvalue weighted by Gasteiger charge is 2.19. The fraction of sp³-hybridized carbons (Fsp3) is 0.353.